The molecule has 0 aliphatic carbocycles. The van der Waals surface area contributed by atoms with E-state index < -0.39 is 0 Å². The Kier molecular flexibility index (Phi) is 8.31. The van der Waals surface area contributed by atoms with Crippen LogP contribution in [0.15, 0.2) is 126 Å². The van der Waals surface area contributed by atoms with Crippen molar-refractivity contribution in [3.8, 4) is 33.6 Å². The molecule has 0 spiro atoms. The van der Waals surface area contributed by atoms with Gasteiger partial charge in [-0.25, -0.2) is 0 Å². The third-order valence-corrected chi connectivity index (χ3v) is 6.68. The first-order valence-electron chi connectivity index (χ1n) is 12.9. The van der Waals surface area contributed by atoms with Gasteiger partial charge >= 0.3 is 0 Å². The number of hydrogen-bond acceptors (Lipinski definition) is 3. The minimum absolute atomic E-state index is 0. The van der Waals surface area contributed by atoms with Gasteiger partial charge in [0.2, 0.25) is 0 Å². The summed E-state index contributed by atoms with van der Waals surface area (Å²) in [6, 6.07) is 43.2. The molecule has 3 aromatic heterocycles. The van der Waals surface area contributed by atoms with Crippen molar-refractivity contribution in [2.75, 3.05) is 0 Å². The molecule has 0 aliphatic heterocycles. The summed E-state index contributed by atoms with van der Waals surface area (Å²) >= 11 is 0. The Balaban J connectivity index is 0.000000159. The molecule has 4 aromatic carbocycles. The second kappa shape index (κ2) is 12.2. The average Bonchev–Trinajstić information content (AvgIpc) is 3.40. The molecule has 3 heterocycles. The van der Waals surface area contributed by atoms with Gasteiger partial charge in [0, 0.05) is 37.9 Å². The first-order chi connectivity index (χ1) is 19.2. The van der Waals surface area contributed by atoms with Gasteiger partial charge in [-0.1, -0.05) is 102 Å². The molecule has 3 nitrogen and oxygen atoms in total. The number of furan rings is 1. The molecular weight excluding hydrogens is 669 g/mol. The number of fused-ring (bicyclic) bond motifs is 3. The number of hydrogen-bond donors (Lipinski definition) is 0. The molecule has 0 amide bonds. The quantitative estimate of drug-likeness (QED) is 0.173. The van der Waals surface area contributed by atoms with Gasteiger partial charge in [-0.2, -0.15) is 0 Å². The van der Waals surface area contributed by atoms with Crippen molar-refractivity contribution in [1.82, 2.24) is 9.97 Å². The Morgan fingerprint density at radius 2 is 1.45 bits per heavy atom. The predicted octanol–water partition coefficient (Wildman–Crippen LogP) is 9.28. The fourth-order valence-electron chi connectivity index (χ4n) is 4.65. The van der Waals surface area contributed by atoms with Crippen molar-refractivity contribution in [1.29, 1.82) is 0 Å². The summed E-state index contributed by atoms with van der Waals surface area (Å²) in [5.74, 6) is 0. The third-order valence-electron chi connectivity index (χ3n) is 6.68. The molecule has 0 bridgehead atoms. The second-order valence-corrected chi connectivity index (χ2v) is 9.44. The van der Waals surface area contributed by atoms with E-state index in [1.165, 1.54) is 16.7 Å². The van der Waals surface area contributed by atoms with Crippen LogP contribution in [-0.4, -0.2) is 9.97 Å². The largest absolute Gasteiger partial charge is 0.501 e. The van der Waals surface area contributed by atoms with Crippen molar-refractivity contribution in [3.05, 3.63) is 145 Å². The van der Waals surface area contributed by atoms with E-state index in [2.05, 4.69) is 65.4 Å². The smallest absolute Gasteiger partial charge is 0.120 e. The first-order valence-corrected chi connectivity index (χ1v) is 12.9. The van der Waals surface area contributed by atoms with Crippen LogP contribution in [0, 0.1) is 26.0 Å². The Bertz CT molecular complexity index is 1790. The zero-order valence-electron chi connectivity index (χ0n) is 22.2. The third kappa shape index (κ3) is 5.65. The molecule has 1 radical (unpaired) electrons. The minimum atomic E-state index is 0. The second-order valence-electron chi connectivity index (χ2n) is 9.44. The Hall–Kier alpha value is -4.37. The van der Waals surface area contributed by atoms with E-state index in [-0.39, 0.29) is 20.1 Å². The Morgan fingerprint density at radius 1 is 0.650 bits per heavy atom. The molecule has 0 saturated heterocycles. The zero-order valence-corrected chi connectivity index (χ0v) is 24.6. The fraction of sp³-hybridized carbons (Fsp3) is 0.0556. The molecule has 7 rings (SSSR count). The topological polar surface area (TPSA) is 38.9 Å². The van der Waals surface area contributed by atoms with E-state index in [1.807, 2.05) is 85.9 Å². The van der Waals surface area contributed by atoms with E-state index in [0.29, 0.717) is 0 Å². The van der Waals surface area contributed by atoms with E-state index in [9.17, 15) is 0 Å². The van der Waals surface area contributed by atoms with Gasteiger partial charge in [0.1, 0.15) is 5.58 Å². The molecular formula is C36H26IrN2O-2. The summed E-state index contributed by atoms with van der Waals surface area (Å²) in [6.07, 6.45) is 3.67. The van der Waals surface area contributed by atoms with Crippen molar-refractivity contribution in [2.24, 2.45) is 0 Å². The summed E-state index contributed by atoms with van der Waals surface area (Å²) < 4.78 is 6.08. The number of aromatic nitrogens is 2. The molecule has 4 heteroatoms. The summed E-state index contributed by atoms with van der Waals surface area (Å²) in [4.78, 5) is 8.83. The van der Waals surface area contributed by atoms with E-state index >= 15 is 0 Å². The van der Waals surface area contributed by atoms with Crippen LogP contribution < -0.4 is 0 Å². The van der Waals surface area contributed by atoms with Crippen molar-refractivity contribution < 1.29 is 24.5 Å². The molecule has 197 valence electrons. The molecule has 40 heavy (non-hydrogen) atoms. The zero-order chi connectivity index (χ0) is 26.6. The minimum Gasteiger partial charge on any atom is -0.501 e. The summed E-state index contributed by atoms with van der Waals surface area (Å²) in [6.45, 7) is 4.12. The van der Waals surface area contributed by atoms with Crippen LogP contribution in [0.2, 0.25) is 0 Å². The van der Waals surface area contributed by atoms with Gasteiger partial charge in [0.15, 0.2) is 0 Å². The van der Waals surface area contributed by atoms with Crippen LogP contribution in [0.3, 0.4) is 0 Å². The Labute approximate surface area is 247 Å². The molecule has 0 atom stereocenters. The normalized spacial score (nSPS) is 10.6. The molecule has 0 aliphatic rings. The molecule has 0 fully saturated rings. The SMILES string of the molecule is Cc1ccc(-c2[c-]cc(C)c3c2oc2ccccc23)nc1.[Ir].[c-]1cc(-c2ccccc2)ccc1-c1ccccn1. The fourth-order valence-corrected chi connectivity index (χ4v) is 4.65. The van der Waals surface area contributed by atoms with Gasteiger partial charge in [0.05, 0.1) is 5.58 Å². The maximum Gasteiger partial charge on any atom is 0.120 e. The average molecular weight is 695 g/mol. The summed E-state index contributed by atoms with van der Waals surface area (Å²) in [7, 11) is 0. The van der Waals surface area contributed by atoms with Gasteiger partial charge < -0.3 is 14.4 Å². The van der Waals surface area contributed by atoms with Crippen LogP contribution in [0.1, 0.15) is 11.1 Å². The number of para-hydroxylation sites is 1. The molecule has 0 N–H and O–H groups in total. The van der Waals surface area contributed by atoms with Crippen molar-refractivity contribution in [2.45, 2.75) is 13.8 Å². The van der Waals surface area contributed by atoms with Gasteiger partial charge in [-0.15, -0.1) is 47.5 Å². The monoisotopic (exact) mass is 695 g/mol. The Morgan fingerprint density at radius 3 is 2.17 bits per heavy atom. The van der Waals surface area contributed by atoms with E-state index in [4.69, 9.17) is 4.42 Å². The number of aryl methyl sites for hydroxylation is 2. The van der Waals surface area contributed by atoms with Gasteiger partial charge in [-0.05, 0) is 36.0 Å². The number of pyridine rings is 2. The van der Waals surface area contributed by atoms with Gasteiger partial charge in [0.25, 0.3) is 0 Å². The van der Waals surface area contributed by atoms with Crippen LogP contribution in [-0.2, 0) is 20.1 Å². The van der Waals surface area contributed by atoms with Crippen molar-refractivity contribution in [3.63, 3.8) is 0 Å². The first kappa shape index (κ1) is 27.2. The van der Waals surface area contributed by atoms with E-state index in [1.54, 1.807) is 6.20 Å². The maximum atomic E-state index is 6.08. The molecule has 7 aromatic rings. The summed E-state index contributed by atoms with van der Waals surface area (Å²) in [5.41, 5.74) is 10.3. The molecule has 0 saturated carbocycles. The van der Waals surface area contributed by atoms with Crippen LogP contribution in [0.5, 0.6) is 0 Å². The van der Waals surface area contributed by atoms with E-state index in [0.717, 1.165) is 50.0 Å². The van der Waals surface area contributed by atoms with Crippen molar-refractivity contribution >= 4 is 21.9 Å². The predicted molar refractivity (Wildman–Crippen MR) is 159 cm³/mol. The molecule has 0 unspecified atom stereocenters. The number of nitrogens with zero attached hydrogens (tertiary/aromatic N) is 2. The van der Waals surface area contributed by atoms with Gasteiger partial charge in [-0.3, -0.25) is 0 Å². The maximum absolute atomic E-state index is 6.08. The van der Waals surface area contributed by atoms with Crippen LogP contribution in [0.4, 0.5) is 0 Å². The number of benzene rings is 4. The standard InChI is InChI=1S/C19H14NO.C17H12N.Ir/c1-12-7-10-16(20-11-12)14-9-8-13(2)18-15-5-3-4-6-17(15)21-19(14)18;1-2-6-14(7-3-1)15-9-11-16(12-10-15)17-8-4-5-13-18-17;/h3-8,10-11H,1-2H3;1-11,13H;/q2*-1;. The van der Waals surface area contributed by atoms with Crippen LogP contribution in [0.25, 0.3) is 55.6 Å². The van der Waals surface area contributed by atoms with Crippen LogP contribution >= 0.6 is 0 Å². The number of rotatable bonds is 3. The summed E-state index contributed by atoms with van der Waals surface area (Å²) in [5, 5.41) is 2.30.